The smallest absolute Gasteiger partial charge is 0.326 e. The Morgan fingerprint density at radius 1 is 0.897 bits per heavy atom. The zero-order valence-corrected chi connectivity index (χ0v) is 16.7. The number of carbonyl (C=O) groups excluding carboxylic acids is 2. The summed E-state index contributed by atoms with van der Waals surface area (Å²) in [6, 6.07) is 21.1. The van der Waals surface area contributed by atoms with Crippen LogP contribution in [0.2, 0.25) is 0 Å². The molecule has 0 radical (unpaired) electrons. The van der Waals surface area contributed by atoms with Crippen molar-refractivity contribution in [1.82, 2.24) is 0 Å². The van der Waals surface area contributed by atoms with Gasteiger partial charge in [0.25, 0.3) is 0 Å². The third kappa shape index (κ3) is 2.77. The van der Waals surface area contributed by atoms with E-state index in [0.717, 1.165) is 27.6 Å². The van der Waals surface area contributed by atoms with Gasteiger partial charge < -0.3 is 14.4 Å². The molecule has 0 N–H and O–H groups in total. The molecule has 3 aromatic carbocycles. The van der Waals surface area contributed by atoms with Gasteiger partial charge in [-0.1, -0.05) is 60.7 Å². The van der Waals surface area contributed by atoms with E-state index < -0.39 is 23.4 Å². The Morgan fingerprint density at radius 2 is 1.52 bits per heavy atom. The molecule has 0 aliphatic carbocycles. The predicted octanol–water partition coefficient (Wildman–Crippen LogP) is 3.91. The lowest BCUT2D eigenvalue weighted by Gasteiger charge is -2.47. The van der Waals surface area contributed by atoms with Crippen LogP contribution in [0.3, 0.4) is 0 Å². The lowest BCUT2D eigenvalue weighted by molar-refractivity contribution is -0.171. The number of ether oxygens (including phenoxy) is 2. The van der Waals surface area contributed by atoms with Gasteiger partial charge in [-0.2, -0.15) is 0 Å². The molecule has 0 aromatic heterocycles. The Hall–Kier alpha value is -3.34. The maximum Gasteiger partial charge on any atom is 0.326 e. The fourth-order valence-corrected chi connectivity index (χ4v) is 4.65. The number of hydrogen-bond acceptors (Lipinski definition) is 5. The normalized spacial score (nSPS) is 17.5. The summed E-state index contributed by atoms with van der Waals surface area (Å²) in [7, 11) is 4.53. The highest BCUT2D eigenvalue weighted by atomic mass is 16.5. The van der Waals surface area contributed by atoms with E-state index in [1.807, 2.05) is 78.7 Å². The van der Waals surface area contributed by atoms with Gasteiger partial charge >= 0.3 is 11.9 Å². The van der Waals surface area contributed by atoms with Crippen molar-refractivity contribution < 1.29 is 19.1 Å². The van der Waals surface area contributed by atoms with Gasteiger partial charge in [0.2, 0.25) is 0 Å². The molecule has 1 atom stereocenters. The largest absolute Gasteiger partial charge is 0.468 e. The lowest BCUT2D eigenvalue weighted by Crippen LogP contribution is -2.55. The Bertz CT molecular complexity index is 1070. The molecular formula is C24H23NO4. The Labute approximate surface area is 169 Å². The SMILES string of the molecule is COC(=O)C1(C(=O)OC)Cc2ccccc2N(C)C1c1cccc2ccccc12. The van der Waals surface area contributed by atoms with Gasteiger partial charge in [-0.05, 0) is 28.0 Å². The van der Waals surface area contributed by atoms with Crippen LogP contribution in [0.15, 0.2) is 66.7 Å². The van der Waals surface area contributed by atoms with E-state index in [4.69, 9.17) is 9.47 Å². The standard InChI is InChI=1S/C24H23NO4/c1-25-20-14-7-5-10-17(20)15-24(22(26)28-2,23(27)29-3)21(25)19-13-8-11-16-9-4-6-12-18(16)19/h4-14,21H,15H2,1-3H3. The number of hydrogen-bond donors (Lipinski definition) is 0. The molecule has 0 spiro atoms. The number of methoxy groups -OCH3 is 2. The van der Waals surface area contributed by atoms with Crippen molar-refractivity contribution in [3.8, 4) is 0 Å². The van der Waals surface area contributed by atoms with E-state index in [9.17, 15) is 9.59 Å². The van der Waals surface area contributed by atoms with Crippen molar-refractivity contribution in [3.05, 3.63) is 77.9 Å². The molecule has 1 heterocycles. The molecule has 0 amide bonds. The lowest BCUT2D eigenvalue weighted by atomic mass is 9.68. The summed E-state index contributed by atoms with van der Waals surface area (Å²) < 4.78 is 10.4. The highest BCUT2D eigenvalue weighted by Gasteiger charge is 2.59. The van der Waals surface area contributed by atoms with Crippen LogP contribution in [0, 0.1) is 5.41 Å². The van der Waals surface area contributed by atoms with Crippen LogP contribution in [-0.2, 0) is 25.5 Å². The molecule has 5 heteroatoms. The average Bonchev–Trinajstić information content (AvgIpc) is 2.77. The second kappa shape index (κ2) is 7.24. The predicted molar refractivity (Wildman–Crippen MR) is 112 cm³/mol. The third-order valence-corrected chi connectivity index (χ3v) is 5.91. The number of anilines is 1. The Balaban J connectivity index is 2.06. The number of nitrogens with zero attached hydrogens (tertiary/aromatic N) is 1. The molecular weight excluding hydrogens is 366 g/mol. The number of carbonyl (C=O) groups is 2. The van der Waals surface area contributed by atoms with Crippen molar-refractivity contribution in [3.63, 3.8) is 0 Å². The fraction of sp³-hybridized carbons (Fsp3) is 0.250. The minimum Gasteiger partial charge on any atom is -0.468 e. The number of fused-ring (bicyclic) bond motifs is 2. The molecule has 0 bridgehead atoms. The highest BCUT2D eigenvalue weighted by Crippen LogP contribution is 2.51. The summed E-state index contributed by atoms with van der Waals surface area (Å²) in [5.74, 6) is -1.19. The minimum atomic E-state index is -1.52. The summed E-state index contributed by atoms with van der Waals surface area (Å²) in [4.78, 5) is 28.4. The summed E-state index contributed by atoms with van der Waals surface area (Å²) in [5, 5.41) is 2.03. The molecule has 5 nitrogen and oxygen atoms in total. The first-order valence-corrected chi connectivity index (χ1v) is 9.50. The monoisotopic (exact) mass is 389 g/mol. The maximum absolute atomic E-state index is 13.2. The van der Waals surface area contributed by atoms with Crippen LogP contribution in [0.25, 0.3) is 10.8 Å². The number of benzene rings is 3. The second-order valence-electron chi connectivity index (χ2n) is 7.34. The summed E-state index contributed by atoms with van der Waals surface area (Å²) in [5.41, 5.74) is 1.25. The minimum absolute atomic E-state index is 0.209. The second-order valence-corrected chi connectivity index (χ2v) is 7.34. The van der Waals surface area contributed by atoms with Gasteiger partial charge in [-0.25, -0.2) is 0 Å². The number of esters is 2. The summed E-state index contributed by atoms with van der Waals surface area (Å²) in [6.45, 7) is 0. The van der Waals surface area contributed by atoms with Gasteiger partial charge in [0.15, 0.2) is 5.41 Å². The van der Waals surface area contributed by atoms with Crippen molar-refractivity contribution in [2.75, 3.05) is 26.2 Å². The van der Waals surface area contributed by atoms with Gasteiger partial charge in [-0.15, -0.1) is 0 Å². The first-order chi connectivity index (χ1) is 14.0. The average molecular weight is 389 g/mol. The zero-order chi connectivity index (χ0) is 20.6. The molecule has 1 unspecified atom stereocenters. The first-order valence-electron chi connectivity index (χ1n) is 9.50. The van der Waals surface area contributed by atoms with E-state index in [1.54, 1.807) is 0 Å². The molecule has 1 aliphatic heterocycles. The molecule has 0 fully saturated rings. The van der Waals surface area contributed by atoms with Crippen LogP contribution < -0.4 is 4.90 Å². The van der Waals surface area contributed by atoms with Gasteiger partial charge in [-0.3, -0.25) is 9.59 Å². The number of rotatable bonds is 3. The molecule has 0 saturated heterocycles. The maximum atomic E-state index is 13.2. The van der Waals surface area contributed by atoms with Crippen LogP contribution in [0.5, 0.6) is 0 Å². The van der Waals surface area contributed by atoms with Crippen LogP contribution >= 0.6 is 0 Å². The van der Waals surface area contributed by atoms with Crippen molar-refractivity contribution >= 4 is 28.4 Å². The molecule has 3 aromatic rings. The van der Waals surface area contributed by atoms with E-state index in [0.29, 0.717) is 0 Å². The molecule has 1 aliphatic rings. The molecule has 148 valence electrons. The van der Waals surface area contributed by atoms with Crippen LogP contribution in [-0.4, -0.2) is 33.2 Å². The fourth-order valence-electron chi connectivity index (χ4n) is 4.65. The van der Waals surface area contributed by atoms with Gasteiger partial charge in [0.1, 0.15) is 0 Å². The highest BCUT2D eigenvalue weighted by molar-refractivity contribution is 6.04. The van der Waals surface area contributed by atoms with Crippen molar-refractivity contribution in [1.29, 1.82) is 0 Å². The van der Waals surface area contributed by atoms with E-state index in [1.165, 1.54) is 14.2 Å². The number of para-hydroxylation sites is 1. The van der Waals surface area contributed by atoms with Crippen LogP contribution in [0.1, 0.15) is 17.2 Å². The van der Waals surface area contributed by atoms with Gasteiger partial charge in [0.05, 0.1) is 20.3 Å². The Morgan fingerprint density at radius 3 is 2.24 bits per heavy atom. The van der Waals surface area contributed by atoms with Crippen molar-refractivity contribution in [2.45, 2.75) is 12.5 Å². The molecule has 29 heavy (non-hydrogen) atoms. The Kier molecular flexibility index (Phi) is 4.74. The van der Waals surface area contributed by atoms with E-state index >= 15 is 0 Å². The summed E-state index contributed by atoms with van der Waals surface area (Å²) >= 11 is 0. The zero-order valence-electron chi connectivity index (χ0n) is 16.7. The molecule has 4 rings (SSSR count). The summed E-state index contributed by atoms with van der Waals surface area (Å²) in [6.07, 6.45) is 0.209. The van der Waals surface area contributed by atoms with Crippen LogP contribution in [0.4, 0.5) is 5.69 Å². The quantitative estimate of drug-likeness (QED) is 0.502. The van der Waals surface area contributed by atoms with E-state index in [-0.39, 0.29) is 6.42 Å². The topological polar surface area (TPSA) is 55.8 Å². The van der Waals surface area contributed by atoms with Gasteiger partial charge in [0, 0.05) is 19.2 Å². The third-order valence-electron chi connectivity index (χ3n) is 5.91. The first kappa shape index (κ1) is 19.0. The molecule has 0 saturated carbocycles. The van der Waals surface area contributed by atoms with E-state index in [2.05, 4.69) is 0 Å². The van der Waals surface area contributed by atoms with Crippen molar-refractivity contribution in [2.24, 2.45) is 5.41 Å².